The van der Waals surface area contributed by atoms with Crippen LogP contribution in [0.5, 0.6) is 0 Å². The highest BCUT2D eigenvalue weighted by Crippen LogP contribution is 2.28. The first-order valence-electron chi connectivity index (χ1n) is 3.63. The van der Waals surface area contributed by atoms with Gasteiger partial charge in [0.05, 0.1) is 0 Å². The maximum atomic E-state index is 13.0. The molecule has 0 saturated carbocycles. The Kier molecular flexibility index (Phi) is 2.09. The van der Waals surface area contributed by atoms with Gasteiger partial charge in [0.25, 0.3) is 0 Å². The van der Waals surface area contributed by atoms with Crippen molar-refractivity contribution in [2.75, 3.05) is 6.61 Å². The van der Waals surface area contributed by atoms with Gasteiger partial charge in [-0.2, -0.15) is 0 Å². The Bertz CT molecular complexity index is 140. The summed E-state index contributed by atoms with van der Waals surface area (Å²) in [5, 5.41) is 8.69. The van der Waals surface area contributed by atoms with E-state index in [1.807, 2.05) is 0 Å². The van der Waals surface area contributed by atoms with Crippen LogP contribution in [0, 0.1) is 5.92 Å². The van der Waals surface area contributed by atoms with E-state index in [9.17, 15) is 4.39 Å². The number of rotatable bonds is 1. The molecule has 1 aliphatic carbocycles. The molecule has 0 fully saturated rings. The third-order valence-corrected chi connectivity index (χ3v) is 1.95. The fraction of sp³-hybridized carbons (Fsp3) is 0.750. The van der Waals surface area contributed by atoms with Crippen molar-refractivity contribution < 1.29 is 9.50 Å². The van der Waals surface area contributed by atoms with Crippen molar-refractivity contribution in [2.24, 2.45) is 5.92 Å². The maximum absolute atomic E-state index is 13.0. The summed E-state index contributed by atoms with van der Waals surface area (Å²) in [5.41, 5.74) is -1.13. The smallest absolute Gasteiger partial charge is 0.126 e. The van der Waals surface area contributed by atoms with Crippen molar-refractivity contribution >= 4 is 0 Å². The van der Waals surface area contributed by atoms with Crippen molar-refractivity contribution in [3.8, 4) is 0 Å². The van der Waals surface area contributed by atoms with Crippen LogP contribution in [-0.4, -0.2) is 17.4 Å². The molecule has 0 spiro atoms. The largest absolute Gasteiger partial charge is 0.396 e. The second kappa shape index (κ2) is 2.70. The molecule has 58 valence electrons. The highest BCUT2D eigenvalue weighted by Gasteiger charge is 2.24. The molecule has 0 aromatic heterocycles. The minimum absolute atomic E-state index is 0.145. The van der Waals surface area contributed by atoms with E-state index in [0.29, 0.717) is 6.42 Å². The molecule has 1 N–H and O–H groups in total. The van der Waals surface area contributed by atoms with Crippen molar-refractivity contribution in [1.29, 1.82) is 0 Å². The van der Waals surface area contributed by atoms with Gasteiger partial charge in [0.15, 0.2) is 0 Å². The molecule has 0 aromatic carbocycles. The average molecular weight is 144 g/mol. The van der Waals surface area contributed by atoms with Crippen LogP contribution in [0.25, 0.3) is 0 Å². The maximum Gasteiger partial charge on any atom is 0.126 e. The third kappa shape index (κ3) is 1.81. The fourth-order valence-electron chi connectivity index (χ4n) is 1.14. The summed E-state index contributed by atoms with van der Waals surface area (Å²) >= 11 is 0. The van der Waals surface area contributed by atoms with Crippen LogP contribution in [0.4, 0.5) is 4.39 Å². The molecular formula is C8H13FO. The summed E-state index contributed by atoms with van der Waals surface area (Å²) in [6.07, 6.45) is 4.62. The summed E-state index contributed by atoms with van der Waals surface area (Å²) in [4.78, 5) is 0. The van der Waals surface area contributed by atoms with Gasteiger partial charge in [-0.15, -0.1) is 0 Å². The van der Waals surface area contributed by atoms with Gasteiger partial charge in [0, 0.05) is 12.5 Å². The number of aliphatic hydroxyl groups is 1. The SMILES string of the molecule is CC1(F)C=CC(CO)CC1. The first-order valence-corrected chi connectivity index (χ1v) is 3.63. The van der Waals surface area contributed by atoms with E-state index in [1.54, 1.807) is 19.1 Å². The van der Waals surface area contributed by atoms with Gasteiger partial charge >= 0.3 is 0 Å². The molecule has 0 saturated heterocycles. The van der Waals surface area contributed by atoms with Crippen molar-refractivity contribution in [3.05, 3.63) is 12.2 Å². The summed E-state index contributed by atoms with van der Waals surface area (Å²) in [6.45, 7) is 1.71. The van der Waals surface area contributed by atoms with E-state index < -0.39 is 5.67 Å². The van der Waals surface area contributed by atoms with Crippen LogP contribution < -0.4 is 0 Å². The zero-order chi connectivity index (χ0) is 7.61. The number of alkyl halides is 1. The first-order chi connectivity index (χ1) is 4.64. The van der Waals surface area contributed by atoms with Gasteiger partial charge in [0.2, 0.25) is 0 Å². The molecule has 0 radical (unpaired) electrons. The predicted octanol–water partition coefficient (Wildman–Crippen LogP) is 1.67. The van der Waals surface area contributed by atoms with Crippen LogP contribution in [0.2, 0.25) is 0 Å². The van der Waals surface area contributed by atoms with Crippen molar-refractivity contribution in [2.45, 2.75) is 25.4 Å². The summed E-state index contributed by atoms with van der Waals surface area (Å²) in [7, 11) is 0. The van der Waals surface area contributed by atoms with Crippen molar-refractivity contribution in [3.63, 3.8) is 0 Å². The van der Waals surface area contributed by atoms with Gasteiger partial charge in [-0.1, -0.05) is 12.2 Å². The van der Waals surface area contributed by atoms with Crippen molar-refractivity contribution in [1.82, 2.24) is 0 Å². The van der Waals surface area contributed by atoms with Gasteiger partial charge in [-0.05, 0) is 19.8 Å². The Balaban J connectivity index is 2.52. The Morgan fingerprint density at radius 2 is 2.50 bits per heavy atom. The third-order valence-electron chi connectivity index (χ3n) is 1.95. The van der Waals surface area contributed by atoms with E-state index in [1.165, 1.54) is 0 Å². The fourth-order valence-corrected chi connectivity index (χ4v) is 1.14. The van der Waals surface area contributed by atoms with Crippen LogP contribution in [0.15, 0.2) is 12.2 Å². The van der Waals surface area contributed by atoms with Gasteiger partial charge in [-0.25, -0.2) is 4.39 Å². The molecule has 2 atom stereocenters. The lowest BCUT2D eigenvalue weighted by molar-refractivity contribution is 0.181. The average Bonchev–Trinajstić information content (AvgIpc) is 1.88. The molecule has 0 aromatic rings. The topological polar surface area (TPSA) is 20.2 Å². The second-order valence-corrected chi connectivity index (χ2v) is 3.12. The lowest BCUT2D eigenvalue weighted by atomic mass is 9.88. The lowest BCUT2D eigenvalue weighted by Gasteiger charge is -2.23. The minimum atomic E-state index is -1.13. The molecule has 1 nitrogen and oxygen atoms in total. The molecule has 2 unspecified atom stereocenters. The highest BCUT2D eigenvalue weighted by atomic mass is 19.1. The standard InChI is InChI=1S/C8H13FO/c1-8(9)4-2-7(6-10)3-5-8/h2,4,7,10H,3,5-6H2,1H3. The quantitative estimate of drug-likeness (QED) is 0.555. The van der Waals surface area contributed by atoms with Gasteiger partial charge in [0.1, 0.15) is 5.67 Å². The molecule has 0 heterocycles. The molecule has 0 aliphatic heterocycles. The van der Waals surface area contributed by atoms with Crippen LogP contribution >= 0.6 is 0 Å². The Hall–Kier alpha value is -0.370. The number of aliphatic hydroxyl groups excluding tert-OH is 1. The summed E-state index contributed by atoms with van der Waals surface area (Å²) < 4.78 is 13.0. The lowest BCUT2D eigenvalue weighted by Crippen LogP contribution is -2.21. The van der Waals surface area contributed by atoms with Crippen LogP contribution in [0.1, 0.15) is 19.8 Å². The molecular weight excluding hydrogens is 131 g/mol. The Labute approximate surface area is 60.6 Å². The highest BCUT2D eigenvalue weighted by molar-refractivity contribution is 5.05. The number of hydrogen-bond acceptors (Lipinski definition) is 1. The van der Waals surface area contributed by atoms with E-state index in [4.69, 9.17) is 5.11 Å². The number of allylic oxidation sites excluding steroid dienone is 1. The van der Waals surface area contributed by atoms with E-state index in [2.05, 4.69) is 0 Å². The van der Waals surface area contributed by atoms with Crippen LogP contribution in [-0.2, 0) is 0 Å². The minimum Gasteiger partial charge on any atom is -0.396 e. The zero-order valence-corrected chi connectivity index (χ0v) is 6.18. The van der Waals surface area contributed by atoms with E-state index in [-0.39, 0.29) is 12.5 Å². The van der Waals surface area contributed by atoms with E-state index >= 15 is 0 Å². The second-order valence-electron chi connectivity index (χ2n) is 3.12. The van der Waals surface area contributed by atoms with Crippen LogP contribution in [0.3, 0.4) is 0 Å². The van der Waals surface area contributed by atoms with E-state index in [0.717, 1.165) is 6.42 Å². The molecule has 0 bridgehead atoms. The number of hydrogen-bond donors (Lipinski definition) is 1. The molecule has 1 rings (SSSR count). The monoisotopic (exact) mass is 144 g/mol. The predicted molar refractivity (Wildman–Crippen MR) is 38.5 cm³/mol. The first kappa shape index (κ1) is 7.73. The number of halogens is 1. The summed E-state index contributed by atoms with van der Waals surface area (Å²) in [6, 6.07) is 0. The molecule has 10 heavy (non-hydrogen) atoms. The Morgan fingerprint density at radius 3 is 2.90 bits per heavy atom. The normalized spacial score (nSPS) is 40.1. The molecule has 2 heteroatoms. The molecule has 0 amide bonds. The van der Waals surface area contributed by atoms with Gasteiger partial charge in [-0.3, -0.25) is 0 Å². The zero-order valence-electron chi connectivity index (χ0n) is 6.18. The Morgan fingerprint density at radius 1 is 1.80 bits per heavy atom. The van der Waals surface area contributed by atoms with Gasteiger partial charge < -0.3 is 5.11 Å². The molecule has 1 aliphatic rings. The summed E-state index contributed by atoms with van der Waals surface area (Å²) in [5.74, 6) is 0.184.